The molecule has 1 heterocycles. The Balaban J connectivity index is 2.06. The highest BCUT2D eigenvalue weighted by Gasteiger charge is 2.05. The zero-order chi connectivity index (χ0) is 13.7. The van der Waals surface area contributed by atoms with Crippen molar-refractivity contribution in [3.8, 4) is 11.6 Å². The molecule has 2 aromatic rings. The lowest BCUT2D eigenvalue weighted by Crippen LogP contribution is -2.17. The van der Waals surface area contributed by atoms with Gasteiger partial charge in [0.2, 0.25) is 5.88 Å². The minimum Gasteiger partial charge on any atom is -0.439 e. The average Bonchev–Trinajstić information content (AvgIpc) is 2.40. The zero-order valence-electron chi connectivity index (χ0n) is 11.1. The van der Waals surface area contributed by atoms with Crippen molar-refractivity contribution in [3.63, 3.8) is 0 Å². The molecular weight excluding hydrogens is 243 g/mol. The van der Waals surface area contributed by atoms with Gasteiger partial charge in [-0.1, -0.05) is 19.1 Å². The molecule has 1 aromatic carbocycles. The molecule has 1 N–H and O–H groups in total. The molecule has 0 spiro atoms. The van der Waals surface area contributed by atoms with Gasteiger partial charge >= 0.3 is 0 Å². The first-order valence-electron chi connectivity index (χ1n) is 6.32. The van der Waals surface area contributed by atoms with Gasteiger partial charge in [-0.2, -0.15) is 0 Å². The predicted octanol–water partition coefficient (Wildman–Crippen LogP) is 3.68. The summed E-state index contributed by atoms with van der Waals surface area (Å²) in [7, 11) is 0. The molecule has 0 saturated carbocycles. The van der Waals surface area contributed by atoms with Gasteiger partial charge in [0.1, 0.15) is 11.6 Å². The topological polar surface area (TPSA) is 34.1 Å². The lowest BCUT2D eigenvalue weighted by molar-refractivity contribution is 0.457. The van der Waals surface area contributed by atoms with E-state index in [0.29, 0.717) is 11.6 Å². The maximum atomic E-state index is 13.0. The second-order valence-electron chi connectivity index (χ2n) is 4.27. The van der Waals surface area contributed by atoms with Gasteiger partial charge in [-0.15, -0.1) is 0 Å². The second kappa shape index (κ2) is 6.29. The van der Waals surface area contributed by atoms with Gasteiger partial charge in [0.05, 0.1) is 0 Å². The molecule has 2 rings (SSSR count). The first kappa shape index (κ1) is 13.5. The number of nitrogens with zero attached hydrogens (tertiary/aromatic N) is 1. The molecule has 0 radical (unpaired) electrons. The van der Waals surface area contributed by atoms with Crippen molar-refractivity contribution in [1.82, 2.24) is 10.3 Å². The monoisotopic (exact) mass is 260 g/mol. The molecule has 1 aromatic heterocycles. The molecule has 1 unspecified atom stereocenters. The van der Waals surface area contributed by atoms with Crippen LogP contribution in [-0.2, 0) is 0 Å². The second-order valence-corrected chi connectivity index (χ2v) is 4.27. The van der Waals surface area contributed by atoms with Crippen molar-refractivity contribution in [2.45, 2.75) is 19.9 Å². The number of hydrogen-bond acceptors (Lipinski definition) is 3. The van der Waals surface area contributed by atoms with E-state index in [9.17, 15) is 4.39 Å². The summed E-state index contributed by atoms with van der Waals surface area (Å²) in [5.41, 5.74) is 1.09. The fourth-order valence-electron chi connectivity index (χ4n) is 1.78. The van der Waals surface area contributed by atoms with Gasteiger partial charge in [0.25, 0.3) is 0 Å². The van der Waals surface area contributed by atoms with E-state index in [0.717, 1.165) is 12.1 Å². The van der Waals surface area contributed by atoms with Crippen molar-refractivity contribution < 1.29 is 9.13 Å². The lowest BCUT2D eigenvalue weighted by atomic mass is 10.1. The third-order valence-electron chi connectivity index (χ3n) is 2.79. The van der Waals surface area contributed by atoms with E-state index < -0.39 is 0 Å². The molecule has 0 fully saturated rings. The average molecular weight is 260 g/mol. The summed E-state index contributed by atoms with van der Waals surface area (Å²) in [6, 6.07) is 9.99. The Hall–Kier alpha value is -1.94. The van der Waals surface area contributed by atoms with Crippen LogP contribution in [0.2, 0.25) is 0 Å². The van der Waals surface area contributed by atoms with Crippen LogP contribution in [0.1, 0.15) is 25.5 Å². The number of pyridine rings is 1. The highest BCUT2D eigenvalue weighted by molar-refractivity contribution is 5.28. The number of rotatable bonds is 5. The molecular formula is C15H17FN2O. The number of hydrogen-bond donors (Lipinski definition) is 1. The molecule has 0 aliphatic heterocycles. The fraction of sp³-hybridized carbons (Fsp3) is 0.267. The van der Waals surface area contributed by atoms with Crippen LogP contribution in [0.5, 0.6) is 11.6 Å². The van der Waals surface area contributed by atoms with Crippen LogP contribution in [0.25, 0.3) is 0 Å². The van der Waals surface area contributed by atoms with Gasteiger partial charge in [-0.3, -0.25) is 0 Å². The summed E-state index contributed by atoms with van der Waals surface area (Å²) in [4.78, 5) is 4.22. The predicted molar refractivity (Wildman–Crippen MR) is 72.8 cm³/mol. The molecule has 0 bridgehead atoms. The number of benzene rings is 1. The summed E-state index contributed by atoms with van der Waals surface area (Å²) in [6.45, 7) is 5.04. The Labute approximate surface area is 112 Å². The van der Waals surface area contributed by atoms with Crippen LogP contribution >= 0.6 is 0 Å². The van der Waals surface area contributed by atoms with Gasteiger partial charge in [-0.05, 0) is 31.2 Å². The van der Waals surface area contributed by atoms with Crippen LogP contribution in [-0.4, -0.2) is 11.5 Å². The summed E-state index contributed by atoms with van der Waals surface area (Å²) in [5, 5.41) is 3.31. The van der Waals surface area contributed by atoms with Gasteiger partial charge < -0.3 is 10.1 Å². The van der Waals surface area contributed by atoms with E-state index in [4.69, 9.17) is 4.74 Å². The third-order valence-corrected chi connectivity index (χ3v) is 2.79. The van der Waals surface area contributed by atoms with Crippen molar-refractivity contribution in [2.24, 2.45) is 0 Å². The van der Waals surface area contributed by atoms with E-state index in [1.807, 2.05) is 6.07 Å². The van der Waals surface area contributed by atoms with Crippen molar-refractivity contribution in [3.05, 3.63) is 54.0 Å². The Kier molecular flexibility index (Phi) is 4.47. The Morgan fingerprint density at radius 1 is 1.32 bits per heavy atom. The minimum atomic E-state index is -0.324. The first-order valence-corrected chi connectivity index (χ1v) is 6.32. The van der Waals surface area contributed by atoms with Crippen LogP contribution in [0, 0.1) is 5.82 Å². The third kappa shape index (κ3) is 3.76. The molecule has 1 atom stereocenters. The number of aromatic nitrogens is 1. The molecule has 0 saturated heterocycles. The highest BCUT2D eigenvalue weighted by atomic mass is 19.1. The first-order chi connectivity index (χ1) is 9.19. The van der Waals surface area contributed by atoms with Gasteiger partial charge in [0, 0.05) is 24.4 Å². The molecule has 4 heteroatoms. The van der Waals surface area contributed by atoms with Gasteiger partial charge in [0.15, 0.2) is 0 Å². The van der Waals surface area contributed by atoms with E-state index in [-0.39, 0.29) is 11.9 Å². The van der Waals surface area contributed by atoms with Crippen LogP contribution < -0.4 is 10.1 Å². The Bertz CT molecular complexity index is 528. The lowest BCUT2D eigenvalue weighted by Gasteiger charge is -2.12. The van der Waals surface area contributed by atoms with Gasteiger partial charge in [-0.25, -0.2) is 9.37 Å². The summed E-state index contributed by atoms with van der Waals surface area (Å²) < 4.78 is 18.5. The minimum absolute atomic E-state index is 0.251. The maximum absolute atomic E-state index is 13.0. The molecule has 3 nitrogen and oxygen atoms in total. The SMILES string of the molecule is CCNC(C)c1ccc(Oc2cccc(F)c2)nc1. The molecule has 0 aliphatic carbocycles. The quantitative estimate of drug-likeness (QED) is 0.890. The summed E-state index contributed by atoms with van der Waals surface area (Å²) in [5.74, 6) is 0.577. The van der Waals surface area contributed by atoms with Crippen LogP contribution in [0.3, 0.4) is 0 Å². The summed E-state index contributed by atoms with van der Waals surface area (Å²) in [6.07, 6.45) is 1.77. The largest absolute Gasteiger partial charge is 0.439 e. The smallest absolute Gasteiger partial charge is 0.219 e. The fourth-order valence-corrected chi connectivity index (χ4v) is 1.78. The maximum Gasteiger partial charge on any atom is 0.219 e. The number of halogens is 1. The zero-order valence-corrected chi connectivity index (χ0v) is 11.1. The number of nitrogens with one attached hydrogen (secondary N) is 1. The van der Waals surface area contributed by atoms with Crippen LogP contribution in [0.15, 0.2) is 42.6 Å². The Morgan fingerprint density at radius 2 is 2.16 bits per heavy atom. The normalized spacial score (nSPS) is 12.2. The van der Waals surface area contributed by atoms with E-state index in [2.05, 4.69) is 24.1 Å². The highest BCUT2D eigenvalue weighted by Crippen LogP contribution is 2.21. The van der Waals surface area contributed by atoms with Crippen LogP contribution in [0.4, 0.5) is 4.39 Å². The molecule has 19 heavy (non-hydrogen) atoms. The van der Waals surface area contributed by atoms with E-state index >= 15 is 0 Å². The van der Waals surface area contributed by atoms with Crippen molar-refractivity contribution in [2.75, 3.05) is 6.54 Å². The standard InChI is InChI=1S/C15H17FN2O/c1-3-17-11(2)12-7-8-15(18-10-12)19-14-6-4-5-13(16)9-14/h4-11,17H,3H2,1-2H3. The van der Waals surface area contributed by atoms with E-state index in [1.165, 1.54) is 12.1 Å². The Morgan fingerprint density at radius 3 is 2.79 bits per heavy atom. The van der Waals surface area contributed by atoms with Crippen molar-refractivity contribution >= 4 is 0 Å². The molecule has 0 amide bonds. The molecule has 100 valence electrons. The van der Waals surface area contributed by atoms with E-state index in [1.54, 1.807) is 24.4 Å². The molecule has 0 aliphatic rings. The van der Waals surface area contributed by atoms with Crippen molar-refractivity contribution in [1.29, 1.82) is 0 Å². The summed E-state index contributed by atoms with van der Waals surface area (Å²) >= 11 is 0. The number of ether oxygens (including phenoxy) is 1.